The van der Waals surface area contributed by atoms with Crippen LogP contribution in [0.5, 0.6) is 0 Å². The number of nitrogens with two attached hydrogens (primary N) is 1. The van der Waals surface area contributed by atoms with E-state index in [4.69, 9.17) is 5.73 Å². The zero-order chi connectivity index (χ0) is 11.0. The van der Waals surface area contributed by atoms with Crippen molar-refractivity contribution >= 4 is 11.4 Å². The van der Waals surface area contributed by atoms with Crippen molar-refractivity contribution in [1.82, 2.24) is 0 Å². The highest BCUT2D eigenvalue weighted by atomic mass is 15.2. The quantitative estimate of drug-likeness (QED) is 0.750. The second-order valence-electron chi connectivity index (χ2n) is 4.62. The largest absolute Gasteiger partial charge is 0.398 e. The van der Waals surface area contributed by atoms with Crippen LogP contribution in [0.25, 0.3) is 0 Å². The summed E-state index contributed by atoms with van der Waals surface area (Å²) >= 11 is 0. The Morgan fingerprint density at radius 3 is 2.60 bits per heavy atom. The first-order valence-corrected chi connectivity index (χ1v) is 5.74. The number of hydrogen-bond donors (Lipinski definition) is 1. The molecule has 2 N–H and O–H groups in total. The molecule has 0 spiro atoms. The third kappa shape index (κ3) is 1.69. The van der Waals surface area contributed by atoms with Crippen molar-refractivity contribution in [3.05, 3.63) is 23.3 Å². The smallest absolute Gasteiger partial charge is 0.0446 e. The number of rotatable bonds is 2. The van der Waals surface area contributed by atoms with Gasteiger partial charge in [0.15, 0.2) is 0 Å². The van der Waals surface area contributed by atoms with Crippen molar-refractivity contribution in [2.24, 2.45) is 5.92 Å². The molecule has 1 aromatic rings. The predicted molar refractivity (Wildman–Crippen MR) is 66.3 cm³/mol. The molecule has 0 atom stereocenters. The summed E-state index contributed by atoms with van der Waals surface area (Å²) in [6, 6.07) is 4.13. The lowest BCUT2D eigenvalue weighted by Crippen LogP contribution is -2.47. The monoisotopic (exact) mass is 204 g/mol. The molecule has 15 heavy (non-hydrogen) atoms. The van der Waals surface area contributed by atoms with Gasteiger partial charge in [-0.05, 0) is 43.4 Å². The Balaban J connectivity index is 2.25. The van der Waals surface area contributed by atoms with Gasteiger partial charge in [-0.3, -0.25) is 0 Å². The number of nitrogen functional groups attached to an aromatic ring is 1. The van der Waals surface area contributed by atoms with E-state index in [2.05, 4.69) is 31.7 Å². The van der Waals surface area contributed by atoms with Crippen molar-refractivity contribution < 1.29 is 0 Å². The maximum Gasteiger partial charge on any atom is 0.0446 e. The Morgan fingerprint density at radius 2 is 2.00 bits per heavy atom. The van der Waals surface area contributed by atoms with Crippen LogP contribution in [0.2, 0.25) is 0 Å². The fraction of sp³-hybridized carbons (Fsp3) is 0.538. The van der Waals surface area contributed by atoms with Crippen molar-refractivity contribution in [3.8, 4) is 0 Å². The minimum Gasteiger partial charge on any atom is -0.398 e. The van der Waals surface area contributed by atoms with Crippen molar-refractivity contribution in [1.29, 1.82) is 0 Å². The van der Waals surface area contributed by atoms with Gasteiger partial charge >= 0.3 is 0 Å². The van der Waals surface area contributed by atoms with Gasteiger partial charge in [-0.25, -0.2) is 0 Å². The Kier molecular flexibility index (Phi) is 2.59. The second-order valence-corrected chi connectivity index (χ2v) is 4.62. The molecular formula is C13H20N2. The summed E-state index contributed by atoms with van der Waals surface area (Å²) < 4.78 is 0. The van der Waals surface area contributed by atoms with Gasteiger partial charge in [-0.1, -0.05) is 13.0 Å². The van der Waals surface area contributed by atoms with Crippen LogP contribution in [-0.4, -0.2) is 13.1 Å². The Hall–Kier alpha value is -1.18. The summed E-state index contributed by atoms with van der Waals surface area (Å²) in [5.74, 6) is 0.880. The molecule has 2 nitrogen and oxygen atoms in total. The summed E-state index contributed by atoms with van der Waals surface area (Å²) in [5, 5.41) is 0. The van der Waals surface area contributed by atoms with Crippen LogP contribution in [0, 0.1) is 19.8 Å². The Labute approximate surface area is 92.1 Å². The summed E-state index contributed by atoms with van der Waals surface area (Å²) in [7, 11) is 0. The van der Waals surface area contributed by atoms with E-state index >= 15 is 0 Å². The van der Waals surface area contributed by atoms with Crippen LogP contribution < -0.4 is 10.6 Å². The first-order chi connectivity index (χ1) is 7.13. The molecule has 0 amide bonds. The standard InChI is InChI=1S/C13H20N2/c1-4-11-7-15(8-11)13-9(2)5-6-12(14)10(13)3/h5-6,11H,4,7-8,14H2,1-3H3. The Bertz CT molecular complexity index is 365. The van der Waals surface area contributed by atoms with E-state index in [9.17, 15) is 0 Å². The fourth-order valence-corrected chi connectivity index (χ4v) is 2.35. The van der Waals surface area contributed by atoms with E-state index < -0.39 is 0 Å². The zero-order valence-electron chi connectivity index (χ0n) is 9.88. The van der Waals surface area contributed by atoms with Gasteiger partial charge in [0, 0.05) is 24.5 Å². The molecule has 2 heteroatoms. The highest BCUT2D eigenvalue weighted by Crippen LogP contribution is 2.34. The van der Waals surface area contributed by atoms with E-state index in [1.807, 2.05) is 6.07 Å². The van der Waals surface area contributed by atoms with E-state index in [1.165, 1.54) is 36.3 Å². The predicted octanol–water partition coefficient (Wildman–Crippen LogP) is 2.73. The molecule has 1 aliphatic rings. The SMILES string of the molecule is CCC1CN(c2c(C)ccc(N)c2C)C1. The van der Waals surface area contributed by atoms with Crippen LogP contribution in [0.15, 0.2) is 12.1 Å². The van der Waals surface area contributed by atoms with E-state index in [-0.39, 0.29) is 0 Å². The van der Waals surface area contributed by atoms with Gasteiger partial charge in [0.1, 0.15) is 0 Å². The average molecular weight is 204 g/mol. The molecule has 1 heterocycles. The topological polar surface area (TPSA) is 29.3 Å². The first kappa shape index (κ1) is 10.3. The molecule has 0 radical (unpaired) electrons. The van der Waals surface area contributed by atoms with Crippen molar-refractivity contribution in [2.75, 3.05) is 23.7 Å². The average Bonchev–Trinajstić information content (AvgIpc) is 2.15. The number of anilines is 2. The van der Waals surface area contributed by atoms with Crippen LogP contribution in [0.4, 0.5) is 11.4 Å². The summed E-state index contributed by atoms with van der Waals surface area (Å²) in [4.78, 5) is 2.45. The lowest BCUT2D eigenvalue weighted by Gasteiger charge is -2.42. The second kappa shape index (κ2) is 3.76. The maximum absolute atomic E-state index is 5.95. The normalized spacial score (nSPS) is 16.6. The van der Waals surface area contributed by atoms with Crippen LogP contribution in [0.1, 0.15) is 24.5 Å². The third-order valence-corrected chi connectivity index (χ3v) is 3.53. The molecule has 2 rings (SSSR count). The number of aryl methyl sites for hydroxylation is 1. The molecule has 0 aliphatic carbocycles. The molecule has 1 aromatic carbocycles. The summed E-state index contributed by atoms with van der Waals surface area (Å²) in [5.41, 5.74) is 10.8. The molecule has 0 saturated carbocycles. The minimum absolute atomic E-state index is 0.880. The maximum atomic E-state index is 5.95. The lowest BCUT2D eigenvalue weighted by molar-refractivity contribution is 0.398. The molecular weight excluding hydrogens is 184 g/mol. The van der Waals surface area contributed by atoms with Gasteiger partial charge in [0.25, 0.3) is 0 Å². The van der Waals surface area contributed by atoms with Crippen LogP contribution in [0.3, 0.4) is 0 Å². The number of hydrogen-bond acceptors (Lipinski definition) is 2. The first-order valence-electron chi connectivity index (χ1n) is 5.74. The Morgan fingerprint density at radius 1 is 1.33 bits per heavy atom. The van der Waals surface area contributed by atoms with Gasteiger partial charge in [-0.15, -0.1) is 0 Å². The zero-order valence-corrected chi connectivity index (χ0v) is 9.88. The molecule has 1 fully saturated rings. The molecule has 0 aromatic heterocycles. The van der Waals surface area contributed by atoms with Gasteiger partial charge in [-0.2, -0.15) is 0 Å². The summed E-state index contributed by atoms with van der Waals surface area (Å²) in [6.07, 6.45) is 1.29. The lowest BCUT2D eigenvalue weighted by atomic mass is 9.94. The van der Waals surface area contributed by atoms with E-state index in [0.29, 0.717) is 0 Å². The van der Waals surface area contributed by atoms with E-state index in [0.717, 1.165) is 11.6 Å². The van der Waals surface area contributed by atoms with Crippen LogP contribution in [-0.2, 0) is 0 Å². The molecule has 1 saturated heterocycles. The molecule has 0 bridgehead atoms. The highest BCUT2D eigenvalue weighted by Gasteiger charge is 2.27. The highest BCUT2D eigenvalue weighted by molar-refractivity contribution is 5.69. The molecule has 82 valence electrons. The van der Waals surface area contributed by atoms with Gasteiger partial charge in [0.05, 0.1) is 0 Å². The van der Waals surface area contributed by atoms with Crippen molar-refractivity contribution in [3.63, 3.8) is 0 Å². The minimum atomic E-state index is 0.880. The van der Waals surface area contributed by atoms with Crippen molar-refractivity contribution in [2.45, 2.75) is 27.2 Å². The third-order valence-electron chi connectivity index (χ3n) is 3.53. The van der Waals surface area contributed by atoms with Gasteiger partial charge < -0.3 is 10.6 Å². The van der Waals surface area contributed by atoms with Crippen LogP contribution >= 0.6 is 0 Å². The summed E-state index contributed by atoms with van der Waals surface area (Å²) in [6.45, 7) is 8.95. The number of benzene rings is 1. The molecule has 0 unspecified atom stereocenters. The van der Waals surface area contributed by atoms with E-state index in [1.54, 1.807) is 0 Å². The number of nitrogens with zero attached hydrogens (tertiary/aromatic N) is 1. The molecule has 1 aliphatic heterocycles. The van der Waals surface area contributed by atoms with Gasteiger partial charge in [0.2, 0.25) is 0 Å². The fourth-order valence-electron chi connectivity index (χ4n) is 2.35.